The SMILES string of the molecule is CC(=O)N[C@H](CC(=O)Nc1nc(-c2ccccc2)cs1)c1cccs1. The number of hydrogen-bond donors (Lipinski definition) is 2. The first-order valence-corrected chi connectivity index (χ1v) is 9.49. The van der Waals surface area contributed by atoms with Gasteiger partial charge in [0.25, 0.3) is 0 Å². The summed E-state index contributed by atoms with van der Waals surface area (Å²) in [4.78, 5) is 29.2. The molecule has 128 valence electrons. The number of nitrogens with one attached hydrogen (secondary N) is 2. The van der Waals surface area contributed by atoms with Crippen LogP contribution in [0, 0.1) is 0 Å². The first-order valence-electron chi connectivity index (χ1n) is 7.73. The molecule has 2 N–H and O–H groups in total. The number of hydrogen-bond acceptors (Lipinski definition) is 5. The molecular formula is C18H17N3O2S2. The highest BCUT2D eigenvalue weighted by atomic mass is 32.1. The van der Waals surface area contributed by atoms with Crippen molar-refractivity contribution in [3.8, 4) is 11.3 Å². The third kappa shape index (κ3) is 4.74. The molecule has 0 saturated carbocycles. The Balaban J connectivity index is 1.65. The van der Waals surface area contributed by atoms with Gasteiger partial charge in [-0.2, -0.15) is 0 Å². The maximum Gasteiger partial charge on any atom is 0.228 e. The molecule has 7 heteroatoms. The normalized spacial score (nSPS) is 11.7. The van der Waals surface area contributed by atoms with Crippen LogP contribution in [0.2, 0.25) is 0 Å². The molecule has 0 aliphatic carbocycles. The topological polar surface area (TPSA) is 71.1 Å². The standard InChI is InChI=1S/C18H17N3O2S2/c1-12(22)19-14(16-8-5-9-24-16)10-17(23)21-18-20-15(11-25-18)13-6-3-2-4-7-13/h2-9,11,14H,10H2,1H3,(H,19,22)(H,20,21,23)/t14-/m1/s1. The Morgan fingerprint density at radius 3 is 2.60 bits per heavy atom. The highest BCUT2D eigenvalue weighted by Crippen LogP contribution is 2.26. The minimum Gasteiger partial charge on any atom is -0.348 e. The average molecular weight is 371 g/mol. The van der Waals surface area contributed by atoms with Crippen LogP contribution in [0.25, 0.3) is 11.3 Å². The Morgan fingerprint density at radius 2 is 1.92 bits per heavy atom. The van der Waals surface area contributed by atoms with E-state index in [2.05, 4.69) is 15.6 Å². The molecule has 0 radical (unpaired) electrons. The lowest BCUT2D eigenvalue weighted by atomic mass is 10.1. The number of benzene rings is 1. The highest BCUT2D eigenvalue weighted by Gasteiger charge is 2.19. The minimum atomic E-state index is -0.328. The van der Waals surface area contributed by atoms with E-state index in [4.69, 9.17) is 0 Å². The lowest BCUT2D eigenvalue weighted by Gasteiger charge is -2.15. The van der Waals surface area contributed by atoms with Crippen molar-refractivity contribution in [2.75, 3.05) is 5.32 Å². The molecule has 3 rings (SSSR count). The van der Waals surface area contributed by atoms with Gasteiger partial charge in [0.1, 0.15) is 0 Å². The van der Waals surface area contributed by atoms with Gasteiger partial charge >= 0.3 is 0 Å². The number of carbonyl (C=O) groups excluding carboxylic acids is 2. The number of thiazole rings is 1. The van der Waals surface area contributed by atoms with Gasteiger partial charge in [0.05, 0.1) is 18.2 Å². The largest absolute Gasteiger partial charge is 0.348 e. The number of amides is 2. The van der Waals surface area contributed by atoms with E-state index in [0.29, 0.717) is 5.13 Å². The van der Waals surface area contributed by atoms with E-state index in [1.807, 2.05) is 53.2 Å². The number of nitrogens with zero attached hydrogens (tertiary/aromatic N) is 1. The lowest BCUT2D eigenvalue weighted by Crippen LogP contribution is -2.29. The summed E-state index contributed by atoms with van der Waals surface area (Å²) < 4.78 is 0. The molecule has 5 nitrogen and oxygen atoms in total. The third-order valence-corrected chi connectivity index (χ3v) is 5.22. The first-order chi connectivity index (χ1) is 12.1. The quantitative estimate of drug-likeness (QED) is 0.686. The van der Waals surface area contributed by atoms with Crippen LogP contribution in [0.5, 0.6) is 0 Å². The first kappa shape index (κ1) is 17.3. The van der Waals surface area contributed by atoms with Gasteiger partial charge in [0.2, 0.25) is 11.8 Å². The Kier molecular flexibility index (Phi) is 5.57. The molecule has 0 aliphatic heterocycles. The summed E-state index contributed by atoms with van der Waals surface area (Å²) in [6, 6.07) is 13.3. The number of thiophene rings is 1. The van der Waals surface area contributed by atoms with Crippen molar-refractivity contribution in [2.45, 2.75) is 19.4 Å². The van der Waals surface area contributed by atoms with Crippen LogP contribution >= 0.6 is 22.7 Å². The van der Waals surface area contributed by atoms with Crippen LogP contribution < -0.4 is 10.6 Å². The highest BCUT2D eigenvalue weighted by molar-refractivity contribution is 7.14. The van der Waals surface area contributed by atoms with Crippen molar-refractivity contribution in [1.82, 2.24) is 10.3 Å². The number of rotatable bonds is 6. The molecule has 0 fully saturated rings. The van der Waals surface area contributed by atoms with Crippen LogP contribution in [0.3, 0.4) is 0 Å². The summed E-state index contributed by atoms with van der Waals surface area (Å²) in [5.41, 5.74) is 1.84. The third-order valence-electron chi connectivity index (χ3n) is 3.47. The Morgan fingerprint density at radius 1 is 1.12 bits per heavy atom. The zero-order valence-electron chi connectivity index (χ0n) is 13.6. The van der Waals surface area contributed by atoms with Crippen molar-refractivity contribution in [3.05, 3.63) is 58.1 Å². The van der Waals surface area contributed by atoms with E-state index in [1.165, 1.54) is 29.6 Å². The summed E-state index contributed by atoms with van der Waals surface area (Å²) in [6.45, 7) is 1.45. The Hall–Kier alpha value is -2.51. The van der Waals surface area contributed by atoms with E-state index < -0.39 is 0 Å². The van der Waals surface area contributed by atoms with Gasteiger partial charge in [0, 0.05) is 22.7 Å². The lowest BCUT2D eigenvalue weighted by molar-refractivity contribution is -0.120. The van der Waals surface area contributed by atoms with Gasteiger partial charge in [0.15, 0.2) is 5.13 Å². The van der Waals surface area contributed by atoms with Crippen LogP contribution in [0.4, 0.5) is 5.13 Å². The van der Waals surface area contributed by atoms with Crippen LogP contribution in [-0.4, -0.2) is 16.8 Å². The van der Waals surface area contributed by atoms with Crippen LogP contribution in [0.1, 0.15) is 24.3 Å². The zero-order chi connectivity index (χ0) is 17.6. The van der Waals surface area contributed by atoms with Crippen molar-refractivity contribution in [1.29, 1.82) is 0 Å². The van der Waals surface area contributed by atoms with Crippen molar-refractivity contribution < 1.29 is 9.59 Å². The molecule has 0 spiro atoms. The average Bonchev–Trinajstić information content (AvgIpc) is 3.26. The molecule has 2 amide bonds. The van der Waals surface area contributed by atoms with E-state index in [9.17, 15) is 9.59 Å². The van der Waals surface area contributed by atoms with Crippen LogP contribution in [-0.2, 0) is 9.59 Å². The van der Waals surface area contributed by atoms with Gasteiger partial charge in [-0.1, -0.05) is 36.4 Å². The predicted octanol–water partition coefficient (Wildman–Crippen LogP) is 4.08. The summed E-state index contributed by atoms with van der Waals surface area (Å²) in [6.07, 6.45) is 0.167. The Bertz CT molecular complexity index is 844. The smallest absolute Gasteiger partial charge is 0.228 e. The molecule has 0 unspecified atom stereocenters. The maximum absolute atomic E-state index is 12.4. The molecule has 2 aromatic heterocycles. The molecule has 3 aromatic rings. The van der Waals surface area contributed by atoms with Crippen LogP contribution in [0.15, 0.2) is 53.2 Å². The minimum absolute atomic E-state index is 0.160. The molecule has 0 aliphatic rings. The predicted molar refractivity (Wildman–Crippen MR) is 102 cm³/mol. The van der Waals surface area contributed by atoms with Gasteiger partial charge in [-0.15, -0.1) is 22.7 Å². The van der Waals surface area contributed by atoms with Crippen molar-refractivity contribution in [3.63, 3.8) is 0 Å². The van der Waals surface area contributed by atoms with E-state index >= 15 is 0 Å². The van der Waals surface area contributed by atoms with E-state index in [1.54, 1.807) is 0 Å². The summed E-state index contributed by atoms with van der Waals surface area (Å²) in [5.74, 6) is -0.340. The molecule has 1 aromatic carbocycles. The molecular weight excluding hydrogens is 354 g/mol. The van der Waals surface area contributed by atoms with Gasteiger partial charge < -0.3 is 10.6 Å². The fraction of sp³-hybridized carbons (Fsp3) is 0.167. The van der Waals surface area contributed by atoms with Gasteiger partial charge in [-0.3, -0.25) is 9.59 Å². The second-order valence-electron chi connectivity index (χ2n) is 5.42. The molecule has 1 atom stereocenters. The fourth-order valence-electron chi connectivity index (χ4n) is 2.39. The Labute approximate surface area is 153 Å². The molecule has 0 bridgehead atoms. The van der Waals surface area contributed by atoms with Gasteiger partial charge in [-0.25, -0.2) is 4.98 Å². The number of aromatic nitrogens is 1. The number of anilines is 1. The van der Waals surface area contributed by atoms with Gasteiger partial charge in [-0.05, 0) is 11.4 Å². The summed E-state index contributed by atoms with van der Waals surface area (Å²) >= 11 is 2.90. The van der Waals surface area contributed by atoms with E-state index in [0.717, 1.165) is 16.1 Å². The maximum atomic E-state index is 12.4. The van der Waals surface area contributed by atoms with Crippen molar-refractivity contribution >= 4 is 39.6 Å². The summed E-state index contributed by atoms with van der Waals surface area (Å²) in [7, 11) is 0. The fourth-order valence-corrected chi connectivity index (χ4v) is 3.90. The van der Waals surface area contributed by atoms with Crippen molar-refractivity contribution in [2.24, 2.45) is 0 Å². The monoisotopic (exact) mass is 371 g/mol. The molecule has 25 heavy (non-hydrogen) atoms. The van der Waals surface area contributed by atoms with E-state index in [-0.39, 0.29) is 24.3 Å². The number of carbonyl (C=O) groups is 2. The second kappa shape index (κ2) is 8.04. The summed E-state index contributed by atoms with van der Waals surface area (Å²) in [5, 5.41) is 10.0. The molecule has 2 heterocycles. The second-order valence-corrected chi connectivity index (χ2v) is 7.26. The molecule has 0 saturated heterocycles. The zero-order valence-corrected chi connectivity index (χ0v) is 15.2.